The molecule has 2 aromatic rings. The molecule has 11 heteroatoms. The highest BCUT2D eigenvalue weighted by Crippen LogP contribution is 2.30. The number of cyclic esters (lactones) is 1. The Morgan fingerprint density at radius 2 is 2.17 bits per heavy atom. The maximum absolute atomic E-state index is 14.7. The maximum Gasteiger partial charge on any atom is 0.414 e. The molecule has 0 bridgehead atoms. The molecule has 1 aromatic carbocycles. The third-order valence-electron chi connectivity index (χ3n) is 4.82. The lowest BCUT2D eigenvalue weighted by Crippen LogP contribution is -2.26. The summed E-state index contributed by atoms with van der Waals surface area (Å²) >= 11 is 0. The van der Waals surface area contributed by atoms with Gasteiger partial charge in [-0.25, -0.2) is 22.3 Å². The van der Waals surface area contributed by atoms with Gasteiger partial charge in [0, 0.05) is 5.56 Å². The Morgan fingerprint density at radius 3 is 2.83 bits per heavy atom. The van der Waals surface area contributed by atoms with Gasteiger partial charge in [0.05, 0.1) is 36.5 Å². The number of rotatable bonds is 5. The molecule has 0 spiro atoms. The molecule has 152 valence electrons. The number of aromatic nitrogens is 3. The van der Waals surface area contributed by atoms with E-state index in [0.29, 0.717) is 23.1 Å². The van der Waals surface area contributed by atoms with Crippen LogP contribution < -0.4 is 4.90 Å². The first kappa shape index (κ1) is 19.2. The van der Waals surface area contributed by atoms with Crippen LogP contribution in [0.15, 0.2) is 30.5 Å². The van der Waals surface area contributed by atoms with Crippen LogP contribution in [0.2, 0.25) is 0 Å². The van der Waals surface area contributed by atoms with Crippen molar-refractivity contribution in [3.05, 3.63) is 47.5 Å². The van der Waals surface area contributed by atoms with Gasteiger partial charge < -0.3 is 4.74 Å². The van der Waals surface area contributed by atoms with Crippen LogP contribution in [0.25, 0.3) is 5.57 Å². The predicted octanol–water partition coefficient (Wildman–Crippen LogP) is 1.46. The van der Waals surface area contributed by atoms with Crippen LogP contribution in [0.3, 0.4) is 0 Å². The summed E-state index contributed by atoms with van der Waals surface area (Å²) in [5.41, 5.74) is 1.49. The second-order valence-corrected chi connectivity index (χ2v) is 9.09. The third kappa shape index (κ3) is 4.04. The van der Waals surface area contributed by atoms with Crippen LogP contribution in [0.5, 0.6) is 0 Å². The Labute approximate surface area is 165 Å². The van der Waals surface area contributed by atoms with Crippen molar-refractivity contribution in [2.24, 2.45) is 0 Å². The molecule has 29 heavy (non-hydrogen) atoms. The number of carbonyl (C=O) groups is 2. The predicted molar refractivity (Wildman–Crippen MR) is 101 cm³/mol. The zero-order valence-electron chi connectivity index (χ0n) is 15.2. The zero-order chi connectivity index (χ0) is 20.6. The molecule has 9 nitrogen and oxygen atoms in total. The number of amides is 1. The lowest BCUT2D eigenvalue weighted by Gasteiger charge is -2.17. The lowest BCUT2D eigenvalue weighted by molar-refractivity contribution is 0.111. The van der Waals surface area contributed by atoms with Crippen LogP contribution >= 0.6 is 0 Å². The Bertz CT molecular complexity index is 1110. The van der Waals surface area contributed by atoms with E-state index in [-0.39, 0.29) is 36.7 Å². The Morgan fingerprint density at radius 1 is 1.34 bits per heavy atom. The molecule has 2 aliphatic rings. The van der Waals surface area contributed by atoms with Gasteiger partial charge >= 0.3 is 6.09 Å². The van der Waals surface area contributed by atoms with E-state index in [1.54, 1.807) is 12.1 Å². The van der Waals surface area contributed by atoms with Gasteiger partial charge in [-0.3, -0.25) is 9.69 Å². The summed E-state index contributed by atoms with van der Waals surface area (Å²) in [6.45, 7) is 0.403. The van der Waals surface area contributed by atoms with E-state index in [2.05, 4.69) is 10.3 Å². The summed E-state index contributed by atoms with van der Waals surface area (Å²) in [4.78, 5) is 24.2. The summed E-state index contributed by atoms with van der Waals surface area (Å²) in [5, 5.41) is 7.42. The van der Waals surface area contributed by atoms with Crippen molar-refractivity contribution in [3.8, 4) is 0 Å². The number of hydrogen-bond acceptors (Lipinski definition) is 7. The molecule has 1 aromatic heterocycles. The van der Waals surface area contributed by atoms with Crippen molar-refractivity contribution in [1.82, 2.24) is 15.0 Å². The minimum absolute atomic E-state index is 0.00570. The first-order valence-corrected chi connectivity index (χ1v) is 10.7. The molecule has 0 saturated carbocycles. The molecule has 0 aliphatic carbocycles. The standard InChI is InChI=1S/C18H17FN4O5S/c19-17-7-14(1-2-16(17)12-3-5-29(26,27)6-4-12)23-10-15(28-18(23)25)9-22-8-13(11-24)20-21-22/h1-3,7-8,11,15H,4-6,9-10H2/t15-/m0/s1. The average Bonchev–Trinajstić information content (AvgIpc) is 3.28. The summed E-state index contributed by atoms with van der Waals surface area (Å²) < 4.78 is 44.4. The highest BCUT2D eigenvalue weighted by atomic mass is 32.2. The van der Waals surface area contributed by atoms with E-state index < -0.39 is 27.9 Å². The summed E-state index contributed by atoms with van der Waals surface area (Å²) in [6.07, 6.45) is 2.66. The molecule has 4 rings (SSSR count). The van der Waals surface area contributed by atoms with E-state index in [1.807, 2.05) is 0 Å². The Hall–Kier alpha value is -3.08. The second-order valence-electron chi connectivity index (χ2n) is 6.86. The quantitative estimate of drug-likeness (QED) is 0.673. The first-order valence-electron chi connectivity index (χ1n) is 8.87. The molecule has 1 atom stereocenters. The van der Waals surface area contributed by atoms with Crippen molar-refractivity contribution in [2.75, 3.05) is 23.0 Å². The molecule has 0 N–H and O–H groups in total. The van der Waals surface area contributed by atoms with Gasteiger partial charge in [0.25, 0.3) is 0 Å². The fourth-order valence-corrected chi connectivity index (χ4v) is 4.50. The molecule has 0 radical (unpaired) electrons. The van der Waals surface area contributed by atoms with E-state index in [9.17, 15) is 22.4 Å². The van der Waals surface area contributed by atoms with Crippen LogP contribution in [0.1, 0.15) is 22.5 Å². The SMILES string of the molecule is O=Cc1cn(C[C@H]2CN(c3ccc(C4=CCS(=O)(=O)CC4)c(F)c3)C(=O)O2)nn1. The summed E-state index contributed by atoms with van der Waals surface area (Å²) in [5.74, 6) is -0.636. The number of benzene rings is 1. The van der Waals surface area contributed by atoms with Gasteiger partial charge in [-0.2, -0.15) is 0 Å². The molecule has 1 fully saturated rings. The Kier molecular flexibility index (Phi) is 4.91. The topological polar surface area (TPSA) is 111 Å². The molecule has 2 aliphatic heterocycles. The van der Waals surface area contributed by atoms with Crippen LogP contribution in [-0.4, -0.2) is 59.9 Å². The van der Waals surface area contributed by atoms with E-state index in [1.165, 1.54) is 27.9 Å². The second kappa shape index (κ2) is 7.39. The monoisotopic (exact) mass is 420 g/mol. The van der Waals surface area contributed by atoms with Crippen LogP contribution in [0.4, 0.5) is 14.9 Å². The van der Waals surface area contributed by atoms with Gasteiger partial charge in [-0.1, -0.05) is 11.3 Å². The van der Waals surface area contributed by atoms with E-state index in [0.717, 1.165) is 0 Å². The molecule has 3 heterocycles. The van der Waals surface area contributed by atoms with Crippen molar-refractivity contribution in [1.29, 1.82) is 0 Å². The van der Waals surface area contributed by atoms with Crippen molar-refractivity contribution >= 4 is 33.5 Å². The molecular formula is C18H17FN4O5S. The van der Waals surface area contributed by atoms with Gasteiger partial charge in [0.2, 0.25) is 0 Å². The van der Waals surface area contributed by atoms with Crippen LogP contribution in [-0.2, 0) is 21.1 Å². The van der Waals surface area contributed by atoms with Crippen molar-refractivity contribution < 1.29 is 27.1 Å². The number of allylic oxidation sites excluding steroid dienone is 1. The highest BCUT2D eigenvalue weighted by molar-refractivity contribution is 7.91. The fourth-order valence-electron chi connectivity index (χ4n) is 3.35. The minimum Gasteiger partial charge on any atom is -0.442 e. The van der Waals surface area contributed by atoms with E-state index in [4.69, 9.17) is 4.74 Å². The van der Waals surface area contributed by atoms with Gasteiger partial charge in [0.1, 0.15) is 17.6 Å². The molecule has 0 unspecified atom stereocenters. The smallest absolute Gasteiger partial charge is 0.414 e. The largest absolute Gasteiger partial charge is 0.442 e. The van der Waals surface area contributed by atoms with Gasteiger partial charge in [-0.15, -0.1) is 5.10 Å². The van der Waals surface area contributed by atoms with Crippen molar-refractivity contribution in [3.63, 3.8) is 0 Å². The number of anilines is 1. The first-order chi connectivity index (χ1) is 13.8. The average molecular weight is 420 g/mol. The van der Waals surface area contributed by atoms with Crippen molar-refractivity contribution in [2.45, 2.75) is 19.1 Å². The minimum atomic E-state index is -3.10. The number of nitrogens with zero attached hydrogens (tertiary/aromatic N) is 4. The normalized spacial score (nSPS) is 21.0. The molecular weight excluding hydrogens is 403 g/mol. The summed E-state index contributed by atoms with van der Waals surface area (Å²) in [6, 6.07) is 4.39. The number of carbonyl (C=O) groups excluding carboxylic acids is 2. The van der Waals surface area contributed by atoms with E-state index >= 15 is 0 Å². The highest BCUT2D eigenvalue weighted by Gasteiger charge is 2.33. The van der Waals surface area contributed by atoms with Gasteiger partial charge in [0.15, 0.2) is 16.1 Å². The molecule has 1 amide bonds. The number of ether oxygens (including phenoxy) is 1. The number of sulfone groups is 1. The van der Waals surface area contributed by atoms with Crippen LogP contribution in [0, 0.1) is 5.82 Å². The fraction of sp³-hybridized carbons (Fsp3) is 0.333. The lowest BCUT2D eigenvalue weighted by atomic mass is 10.0. The number of aldehydes is 1. The number of hydrogen-bond donors (Lipinski definition) is 0. The molecule has 1 saturated heterocycles. The maximum atomic E-state index is 14.7. The number of halogens is 1. The third-order valence-corrected chi connectivity index (χ3v) is 6.32. The Balaban J connectivity index is 1.48. The van der Waals surface area contributed by atoms with Gasteiger partial charge in [-0.05, 0) is 30.2 Å². The zero-order valence-corrected chi connectivity index (χ0v) is 16.0. The summed E-state index contributed by atoms with van der Waals surface area (Å²) in [7, 11) is -3.10.